The molecule has 0 radical (unpaired) electrons. The molecule has 0 aliphatic heterocycles. The second kappa shape index (κ2) is 35.2. The van der Waals surface area contributed by atoms with E-state index < -0.39 is 6.10 Å². The minimum atomic E-state index is -0.759. The van der Waals surface area contributed by atoms with Gasteiger partial charge in [-0.05, 0) is 31.1 Å². The van der Waals surface area contributed by atoms with Crippen molar-refractivity contribution in [2.45, 2.75) is 227 Å². The van der Waals surface area contributed by atoms with Gasteiger partial charge in [0.15, 0.2) is 6.10 Å². The van der Waals surface area contributed by atoms with Crippen LogP contribution in [0.2, 0.25) is 0 Å². The van der Waals surface area contributed by atoms with Crippen molar-refractivity contribution in [3.05, 3.63) is 0 Å². The van der Waals surface area contributed by atoms with E-state index in [1.54, 1.807) is 0 Å². The van der Waals surface area contributed by atoms with Gasteiger partial charge in [-0.15, -0.1) is 0 Å². The lowest BCUT2D eigenvalue weighted by Gasteiger charge is -2.18. The zero-order chi connectivity index (χ0) is 35.5. The van der Waals surface area contributed by atoms with Crippen molar-refractivity contribution in [3.8, 4) is 0 Å². The van der Waals surface area contributed by atoms with Crippen molar-refractivity contribution < 1.29 is 28.6 Å². The van der Waals surface area contributed by atoms with Crippen LogP contribution in [0, 0.1) is 11.8 Å². The Kier molecular flexibility index (Phi) is 34.1. The summed E-state index contributed by atoms with van der Waals surface area (Å²) in [5.74, 6) is 0.708. The second-order valence-electron chi connectivity index (χ2n) is 15.2. The number of ether oxygens (including phenoxy) is 3. The number of esters is 3. The minimum Gasteiger partial charge on any atom is -0.462 e. The van der Waals surface area contributed by atoms with Crippen LogP contribution in [0.3, 0.4) is 0 Å². The van der Waals surface area contributed by atoms with Gasteiger partial charge in [0.05, 0.1) is 0 Å². The molecule has 0 aromatic carbocycles. The average molecular weight is 681 g/mol. The largest absolute Gasteiger partial charge is 0.462 e. The Morgan fingerprint density at radius 2 is 0.688 bits per heavy atom. The third kappa shape index (κ3) is 35.7. The summed E-state index contributed by atoms with van der Waals surface area (Å²) in [6.45, 7) is 11.2. The van der Waals surface area contributed by atoms with E-state index >= 15 is 0 Å². The zero-order valence-electron chi connectivity index (χ0n) is 32.6. The van der Waals surface area contributed by atoms with Gasteiger partial charge in [-0.2, -0.15) is 0 Å². The molecule has 0 aromatic heterocycles. The summed E-state index contributed by atoms with van der Waals surface area (Å²) in [6, 6.07) is 0. The van der Waals surface area contributed by atoms with E-state index in [0.717, 1.165) is 69.6 Å². The predicted octanol–water partition coefficient (Wildman–Crippen LogP) is 12.6. The van der Waals surface area contributed by atoms with Crippen LogP contribution in [-0.2, 0) is 28.6 Å². The molecule has 0 unspecified atom stereocenters. The third-order valence-electron chi connectivity index (χ3n) is 9.22. The van der Waals surface area contributed by atoms with Crippen LogP contribution >= 0.6 is 0 Å². The van der Waals surface area contributed by atoms with Crippen molar-refractivity contribution in [2.24, 2.45) is 11.8 Å². The fraction of sp³-hybridized carbons (Fsp3) is 0.929. The lowest BCUT2D eigenvalue weighted by atomic mass is 10.0. The number of rotatable bonds is 36. The number of hydrogen-bond acceptors (Lipinski definition) is 6. The van der Waals surface area contributed by atoms with Gasteiger partial charge in [0.1, 0.15) is 13.2 Å². The predicted molar refractivity (Wildman–Crippen MR) is 201 cm³/mol. The number of hydrogen-bond donors (Lipinski definition) is 0. The summed E-state index contributed by atoms with van der Waals surface area (Å²) in [5, 5.41) is 0. The van der Waals surface area contributed by atoms with Crippen LogP contribution in [0.15, 0.2) is 0 Å². The molecule has 0 saturated heterocycles. The quantitative estimate of drug-likeness (QED) is 0.0372. The first kappa shape index (κ1) is 46.4. The third-order valence-corrected chi connectivity index (χ3v) is 9.22. The molecule has 0 N–H and O–H groups in total. The highest BCUT2D eigenvalue weighted by atomic mass is 16.6. The van der Waals surface area contributed by atoms with E-state index in [4.69, 9.17) is 14.2 Å². The molecule has 48 heavy (non-hydrogen) atoms. The van der Waals surface area contributed by atoms with Crippen LogP contribution in [-0.4, -0.2) is 37.2 Å². The first-order valence-electron chi connectivity index (χ1n) is 20.7. The number of carbonyl (C=O) groups is 3. The van der Waals surface area contributed by atoms with E-state index in [1.807, 2.05) is 0 Å². The monoisotopic (exact) mass is 681 g/mol. The molecule has 0 aromatic rings. The van der Waals surface area contributed by atoms with Crippen molar-refractivity contribution in [1.82, 2.24) is 0 Å². The first-order chi connectivity index (χ1) is 23.2. The molecular formula is C42H80O6. The summed E-state index contributed by atoms with van der Waals surface area (Å²) in [4.78, 5) is 37.5. The van der Waals surface area contributed by atoms with Gasteiger partial charge in [-0.1, -0.05) is 182 Å². The van der Waals surface area contributed by atoms with Gasteiger partial charge in [-0.3, -0.25) is 14.4 Å². The van der Waals surface area contributed by atoms with Gasteiger partial charge in [0.25, 0.3) is 0 Å². The first-order valence-corrected chi connectivity index (χ1v) is 20.7. The topological polar surface area (TPSA) is 78.9 Å². The molecule has 0 heterocycles. The minimum absolute atomic E-state index is 0.0667. The molecule has 6 nitrogen and oxygen atoms in total. The Labute approximate surface area is 298 Å². The Bertz CT molecular complexity index is 734. The number of carbonyl (C=O) groups excluding carboxylic acids is 3. The van der Waals surface area contributed by atoms with Crippen LogP contribution in [0.1, 0.15) is 221 Å². The summed E-state index contributed by atoms with van der Waals surface area (Å²) < 4.78 is 16.6. The molecule has 0 rings (SSSR count). The summed E-state index contributed by atoms with van der Waals surface area (Å²) in [5.41, 5.74) is 0. The maximum atomic E-state index is 12.6. The SMILES string of the molecule is CCCCCCCCCCCC(=O)O[C@H](COC(=O)CCCCCCCCCCC(C)C)COC(=O)CCCCCCCCCC(C)C. The second-order valence-corrected chi connectivity index (χ2v) is 15.2. The van der Waals surface area contributed by atoms with Gasteiger partial charge in [0, 0.05) is 19.3 Å². The number of unbranched alkanes of at least 4 members (excludes halogenated alkanes) is 21. The Morgan fingerprint density at radius 3 is 1.02 bits per heavy atom. The van der Waals surface area contributed by atoms with Crippen LogP contribution in [0.25, 0.3) is 0 Å². The molecule has 0 aliphatic carbocycles. The zero-order valence-corrected chi connectivity index (χ0v) is 32.6. The highest BCUT2D eigenvalue weighted by molar-refractivity contribution is 5.71. The molecule has 0 saturated carbocycles. The Balaban J connectivity index is 4.35. The van der Waals surface area contributed by atoms with E-state index in [1.165, 1.54) is 109 Å². The lowest BCUT2D eigenvalue weighted by molar-refractivity contribution is -0.167. The lowest BCUT2D eigenvalue weighted by Crippen LogP contribution is -2.30. The molecule has 0 aliphatic rings. The van der Waals surface area contributed by atoms with E-state index in [2.05, 4.69) is 34.6 Å². The molecule has 0 amide bonds. The van der Waals surface area contributed by atoms with E-state index in [-0.39, 0.29) is 31.1 Å². The van der Waals surface area contributed by atoms with Gasteiger partial charge < -0.3 is 14.2 Å². The fourth-order valence-corrected chi connectivity index (χ4v) is 6.05. The molecular weight excluding hydrogens is 600 g/mol. The molecule has 284 valence electrons. The molecule has 0 spiro atoms. The van der Waals surface area contributed by atoms with Crippen LogP contribution in [0.4, 0.5) is 0 Å². The van der Waals surface area contributed by atoms with Gasteiger partial charge >= 0.3 is 17.9 Å². The summed E-state index contributed by atoms with van der Waals surface area (Å²) >= 11 is 0. The highest BCUT2D eigenvalue weighted by Crippen LogP contribution is 2.15. The molecule has 0 fully saturated rings. The average Bonchev–Trinajstić information content (AvgIpc) is 3.04. The van der Waals surface area contributed by atoms with Crippen molar-refractivity contribution >= 4 is 17.9 Å². The smallest absolute Gasteiger partial charge is 0.306 e. The fourth-order valence-electron chi connectivity index (χ4n) is 6.05. The van der Waals surface area contributed by atoms with Crippen molar-refractivity contribution in [3.63, 3.8) is 0 Å². The normalized spacial score (nSPS) is 12.1. The van der Waals surface area contributed by atoms with Gasteiger partial charge in [-0.25, -0.2) is 0 Å². The molecule has 1 atom stereocenters. The Hall–Kier alpha value is -1.59. The van der Waals surface area contributed by atoms with E-state index in [9.17, 15) is 14.4 Å². The molecule has 0 bridgehead atoms. The van der Waals surface area contributed by atoms with Crippen LogP contribution in [0.5, 0.6) is 0 Å². The summed E-state index contributed by atoms with van der Waals surface area (Å²) in [6.07, 6.45) is 31.0. The van der Waals surface area contributed by atoms with Gasteiger partial charge in [0.2, 0.25) is 0 Å². The van der Waals surface area contributed by atoms with Crippen molar-refractivity contribution in [2.75, 3.05) is 13.2 Å². The van der Waals surface area contributed by atoms with E-state index in [0.29, 0.717) is 19.3 Å². The molecule has 6 heteroatoms. The Morgan fingerprint density at radius 1 is 0.396 bits per heavy atom. The van der Waals surface area contributed by atoms with Crippen molar-refractivity contribution in [1.29, 1.82) is 0 Å². The summed E-state index contributed by atoms with van der Waals surface area (Å²) in [7, 11) is 0. The standard InChI is InChI=1S/C42H80O6/c1-6-7-8-9-10-11-18-24-29-34-42(45)48-39(36-47-41(44)33-28-23-19-14-16-21-26-31-38(4)5)35-46-40(43)32-27-22-17-13-12-15-20-25-30-37(2)3/h37-39H,6-36H2,1-5H3/t39-/m1/s1. The van der Waals surface area contributed by atoms with Crippen LogP contribution < -0.4 is 0 Å². The highest BCUT2D eigenvalue weighted by Gasteiger charge is 2.19. The maximum absolute atomic E-state index is 12.6. The maximum Gasteiger partial charge on any atom is 0.306 e.